The van der Waals surface area contributed by atoms with Crippen molar-refractivity contribution in [3.8, 4) is 0 Å². The summed E-state index contributed by atoms with van der Waals surface area (Å²) in [7, 11) is 2.11. The summed E-state index contributed by atoms with van der Waals surface area (Å²) in [6.07, 6.45) is 4.39. The van der Waals surface area contributed by atoms with Gasteiger partial charge in [-0.1, -0.05) is 25.8 Å². The maximum absolute atomic E-state index is 13.0. The second-order valence-corrected chi connectivity index (χ2v) is 7.23. The van der Waals surface area contributed by atoms with Crippen LogP contribution in [0.1, 0.15) is 43.6 Å². The Kier molecular flexibility index (Phi) is 4.33. The summed E-state index contributed by atoms with van der Waals surface area (Å²) < 4.78 is 0. The second-order valence-electron chi connectivity index (χ2n) is 6.25. The average Bonchev–Trinajstić information content (AvgIpc) is 3.21. The molecule has 1 amide bonds. The van der Waals surface area contributed by atoms with Crippen LogP contribution in [0.3, 0.4) is 0 Å². The van der Waals surface area contributed by atoms with Gasteiger partial charge in [0, 0.05) is 18.0 Å². The van der Waals surface area contributed by atoms with Gasteiger partial charge >= 0.3 is 0 Å². The summed E-state index contributed by atoms with van der Waals surface area (Å²) in [5, 5.41) is 5.77. The number of thiophene rings is 1. The van der Waals surface area contributed by atoms with Crippen LogP contribution in [0.4, 0.5) is 0 Å². The van der Waals surface area contributed by atoms with E-state index < -0.39 is 0 Å². The molecule has 1 spiro atoms. The molecule has 1 atom stereocenters. The van der Waals surface area contributed by atoms with Crippen LogP contribution >= 0.6 is 11.3 Å². The first-order valence-corrected chi connectivity index (χ1v) is 8.85. The van der Waals surface area contributed by atoms with Crippen molar-refractivity contribution in [3.05, 3.63) is 22.4 Å². The number of amides is 1. The van der Waals surface area contributed by atoms with Crippen LogP contribution in [0.2, 0.25) is 0 Å². The van der Waals surface area contributed by atoms with Crippen LogP contribution < -0.4 is 5.32 Å². The van der Waals surface area contributed by atoms with Gasteiger partial charge < -0.3 is 9.80 Å². The third kappa shape index (κ3) is 2.74. The average molecular weight is 307 g/mol. The molecule has 1 aliphatic carbocycles. The SMILES string of the molecule is CCN(C)CCN1C(=O)C2(CCCC2)NC1c1cccs1. The van der Waals surface area contributed by atoms with Gasteiger partial charge in [-0.3, -0.25) is 10.1 Å². The van der Waals surface area contributed by atoms with E-state index in [0.717, 1.165) is 32.5 Å². The molecular formula is C16H25N3OS. The number of rotatable bonds is 5. The van der Waals surface area contributed by atoms with Gasteiger partial charge in [0.2, 0.25) is 5.91 Å². The van der Waals surface area contributed by atoms with Gasteiger partial charge in [0.1, 0.15) is 6.17 Å². The van der Waals surface area contributed by atoms with Crippen molar-refractivity contribution in [2.75, 3.05) is 26.7 Å². The lowest BCUT2D eigenvalue weighted by Gasteiger charge is -2.25. The van der Waals surface area contributed by atoms with Crippen LogP contribution in [0.15, 0.2) is 17.5 Å². The molecule has 4 nitrogen and oxygen atoms in total. The summed E-state index contributed by atoms with van der Waals surface area (Å²) in [5.41, 5.74) is -0.278. The predicted molar refractivity (Wildman–Crippen MR) is 86.3 cm³/mol. The molecule has 2 aliphatic rings. The number of likely N-dealkylation sites (N-methyl/N-ethyl adjacent to an activating group) is 1. The first-order valence-electron chi connectivity index (χ1n) is 7.97. The lowest BCUT2D eigenvalue weighted by molar-refractivity contribution is -0.133. The molecule has 1 saturated carbocycles. The summed E-state index contributed by atoms with van der Waals surface area (Å²) in [6.45, 7) is 4.91. The zero-order valence-corrected chi connectivity index (χ0v) is 13.8. The first-order chi connectivity index (χ1) is 10.2. The van der Waals surface area contributed by atoms with E-state index in [4.69, 9.17) is 0 Å². The largest absolute Gasteiger partial charge is 0.319 e. The van der Waals surface area contributed by atoms with Crippen LogP contribution in [-0.2, 0) is 4.79 Å². The van der Waals surface area contributed by atoms with Gasteiger partial charge in [0.05, 0.1) is 5.54 Å². The van der Waals surface area contributed by atoms with Crippen molar-refractivity contribution in [2.24, 2.45) is 0 Å². The van der Waals surface area contributed by atoms with E-state index in [9.17, 15) is 4.79 Å². The van der Waals surface area contributed by atoms with E-state index in [-0.39, 0.29) is 11.7 Å². The van der Waals surface area contributed by atoms with Gasteiger partial charge in [0.25, 0.3) is 0 Å². The second kappa shape index (κ2) is 6.07. The monoisotopic (exact) mass is 307 g/mol. The van der Waals surface area contributed by atoms with E-state index in [1.165, 1.54) is 17.7 Å². The van der Waals surface area contributed by atoms with Gasteiger partial charge in [-0.05, 0) is 37.9 Å². The Labute approximate surface area is 131 Å². The van der Waals surface area contributed by atoms with Crippen LogP contribution in [-0.4, -0.2) is 47.9 Å². The molecule has 3 rings (SSSR count). The standard InChI is InChI=1S/C16H25N3OS/c1-3-18(2)10-11-19-14(13-7-6-12-21-13)17-16(15(19)20)8-4-5-9-16/h6-7,12,14,17H,3-5,8-11H2,1-2H3. The Hall–Kier alpha value is -0.910. The summed E-state index contributed by atoms with van der Waals surface area (Å²) in [4.78, 5) is 18.6. The molecule has 1 saturated heterocycles. The summed E-state index contributed by atoms with van der Waals surface area (Å²) >= 11 is 1.74. The van der Waals surface area contributed by atoms with E-state index >= 15 is 0 Å². The first kappa shape index (κ1) is 15.0. The Morgan fingerprint density at radius 1 is 1.48 bits per heavy atom. The Bertz CT molecular complexity index is 482. The van der Waals surface area contributed by atoms with Crippen molar-refractivity contribution in [2.45, 2.75) is 44.3 Å². The number of hydrogen-bond donors (Lipinski definition) is 1. The fraction of sp³-hybridized carbons (Fsp3) is 0.688. The summed E-state index contributed by atoms with van der Waals surface area (Å²) in [6, 6.07) is 4.21. The minimum atomic E-state index is -0.278. The molecule has 116 valence electrons. The molecule has 1 N–H and O–H groups in total. The minimum Gasteiger partial charge on any atom is -0.319 e. The van der Waals surface area contributed by atoms with Gasteiger partial charge in [-0.25, -0.2) is 0 Å². The highest BCUT2D eigenvalue weighted by Gasteiger charge is 2.52. The third-order valence-corrected chi connectivity index (χ3v) is 5.85. The lowest BCUT2D eigenvalue weighted by atomic mass is 9.98. The van der Waals surface area contributed by atoms with Crippen LogP contribution in [0.25, 0.3) is 0 Å². The molecule has 1 unspecified atom stereocenters. The zero-order valence-electron chi connectivity index (χ0n) is 13.0. The van der Waals surface area contributed by atoms with Crippen molar-refractivity contribution in [3.63, 3.8) is 0 Å². The smallest absolute Gasteiger partial charge is 0.244 e. The van der Waals surface area contributed by atoms with Crippen molar-refractivity contribution in [1.29, 1.82) is 0 Å². The van der Waals surface area contributed by atoms with Crippen LogP contribution in [0, 0.1) is 0 Å². The topological polar surface area (TPSA) is 35.6 Å². The van der Waals surface area contributed by atoms with Gasteiger partial charge in [0.15, 0.2) is 0 Å². The molecule has 21 heavy (non-hydrogen) atoms. The highest BCUT2D eigenvalue weighted by atomic mass is 32.1. The van der Waals surface area contributed by atoms with E-state index in [0.29, 0.717) is 5.91 Å². The molecule has 0 radical (unpaired) electrons. The third-order valence-electron chi connectivity index (χ3n) is 4.93. The van der Waals surface area contributed by atoms with Crippen molar-refractivity contribution < 1.29 is 4.79 Å². The molecular weight excluding hydrogens is 282 g/mol. The molecule has 1 aromatic heterocycles. The van der Waals surface area contributed by atoms with Crippen LogP contribution in [0.5, 0.6) is 0 Å². The zero-order chi connectivity index (χ0) is 14.9. The lowest BCUT2D eigenvalue weighted by Crippen LogP contribution is -2.44. The van der Waals surface area contributed by atoms with E-state index in [1.807, 2.05) is 0 Å². The Morgan fingerprint density at radius 2 is 2.24 bits per heavy atom. The molecule has 0 aromatic carbocycles. The van der Waals surface area contributed by atoms with Crippen molar-refractivity contribution >= 4 is 17.2 Å². The fourth-order valence-corrected chi connectivity index (χ4v) is 4.26. The van der Waals surface area contributed by atoms with E-state index in [1.54, 1.807) is 11.3 Å². The Balaban J connectivity index is 1.80. The quantitative estimate of drug-likeness (QED) is 0.907. The molecule has 2 heterocycles. The molecule has 1 aromatic rings. The van der Waals surface area contributed by atoms with Crippen molar-refractivity contribution in [1.82, 2.24) is 15.1 Å². The molecule has 1 aliphatic heterocycles. The number of carbonyl (C=O) groups is 1. The predicted octanol–water partition coefficient (Wildman–Crippen LogP) is 2.44. The maximum Gasteiger partial charge on any atom is 0.244 e. The number of nitrogens with zero attached hydrogens (tertiary/aromatic N) is 2. The van der Waals surface area contributed by atoms with E-state index in [2.05, 4.69) is 46.6 Å². The Morgan fingerprint density at radius 3 is 2.86 bits per heavy atom. The molecule has 2 fully saturated rings. The maximum atomic E-state index is 13.0. The van der Waals surface area contributed by atoms with Gasteiger partial charge in [-0.2, -0.15) is 0 Å². The fourth-order valence-electron chi connectivity index (χ4n) is 3.47. The molecule has 0 bridgehead atoms. The summed E-state index contributed by atoms with van der Waals surface area (Å²) in [5.74, 6) is 0.322. The number of nitrogens with one attached hydrogen (secondary N) is 1. The van der Waals surface area contributed by atoms with Gasteiger partial charge in [-0.15, -0.1) is 11.3 Å². The minimum absolute atomic E-state index is 0.0702. The number of carbonyl (C=O) groups excluding carboxylic acids is 1. The highest BCUT2D eigenvalue weighted by Crippen LogP contribution is 2.41. The molecule has 5 heteroatoms. The normalized spacial score (nSPS) is 24.6. The number of hydrogen-bond acceptors (Lipinski definition) is 4. The highest BCUT2D eigenvalue weighted by molar-refractivity contribution is 7.10.